The maximum absolute atomic E-state index is 7.05. The van der Waals surface area contributed by atoms with Crippen molar-refractivity contribution in [1.82, 2.24) is 0 Å². The first-order valence-corrected chi connectivity index (χ1v) is 13.5. The van der Waals surface area contributed by atoms with Crippen LogP contribution in [0.5, 0.6) is 11.5 Å². The van der Waals surface area contributed by atoms with E-state index in [4.69, 9.17) is 4.74 Å². The highest BCUT2D eigenvalue weighted by Crippen LogP contribution is 2.53. The van der Waals surface area contributed by atoms with Crippen LogP contribution in [-0.2, 0) is 19.9 Å². The van der Waals surface area contributed by atoms with E-state index in [1.807, 2.05) is 0 Å². The van der Waals surface area contributed by atoms with Gasteiger partial charge in [0, 0.05) is 17.0 Å². The van der Waals surface area contributed by atoms with Crippen LogP contribution in [0, 0.1) is 17.8 Å². The molecule has 6 rings (SSSR count). The van der Waals surface area contributed by atoms with Gasteiger partial charge in [-0.25, -0.2) is 4.57 Å². The minimum atomic E-state index is 0.132. The van der Waals surface area contributed by atoms with Crippen molar-refractivity contribution in [2.24, 2.45) is 17.9 Å². The molecule has 0 radical (unpaired) electrons. The Morgan fingerprint density at radius 2 is 1.41 bits per heavy atom. The van der Waals surface area contributed by atoms with Gasteiger partial charge in [0.25, 0.3) is 0 Å². The molecular weight excluding hydrogens is 450 g/mol. The monoisotopic (exact) mass is 488 g/mol. The largest absolute Gasteiger partial charge is 0.455 e. The molecular formula is C35H38NO+. The van der Waals surface area contributed by atoms with E-state index in [2.05, 4.69) is 121 Å². The second-order valence-electron chi connectivity index (χ2n) is 13.4. The quantitative estimate of drug-likeness (QED) is 0.175. The third-order valence-electron chi connectivity index (χ3n) is 7.74. The van der Waals surface area contributed by atoms with Crippen molar-refractivity contribution < 1.29 is 9.30 Å². The first-order chi connectivity index (χ1) is 17.4. The van der Waals surface area contributed by atoms with E-state index in [-0.39, 0.29) is 10.8 Å². The Labute approximate surface area is 220 Å². The van der Waals surface area contributed by atoms with Crippen LogP contribution in [0.3, 0.4) is 0 Å². The molecule has 0 saturated carbocycles. The van der Waals surface area contributed by atoms with Gasteiger partial charge >= 0.3 is 0 Å². The van der Waals surface area contributed by atoms with Gasteiger partial charge in [-0.3, -0.25) is 0 Å². The molecule has 0 unspecified atom stereocenters. The number of rotatable bonds is 2. The lowest BCUT2D eigenvalue weighted by Crippen LogP contribution is -2.32. The van der Waals surface area contributed by atoms with Gasteiger partial charge in [0.2, 0.25) is 5.69 Å². The molecule has 2 heterocycles. The van der Waals surface area contributed by atoms with Gasteiger partial charge in [0.1, 0.15) is 18.5 Å². The zero-order valence-electron chi connectivity index (χ0n) is 23.5. The summed E-state index contributed by atoms with van der Waals surface area (Å²) >= 11 is 0. The number of aromatic nitrogens is 1. The van der Waals surface area contributed by atoms with E-state index >= 15 is 0 Å². The summed E-state index contributed by atoms with van der Waals surface area (Å²) in [5.74, 6) is 2.02. The molecule has 5 aromatic rings. The number of aryl methyl sites for hydroxylation is 2. The standard InChI is InChI=1S/C35H38NO/c1-21-23-13-9-10-14-24(23)28(20-35(5,6)7)33-30(21)32-31-26(16-17-36(32)8)25-15-11-12-22(19-34(2,3)4)27(25)18-29(31)37-33/h9-18H,19-20H2,1-8H3/q+1. The van der Waals surface area contributed by atoms with Crippen LogP contribution in [-0.4, -0.2) is 0 Å². The number of ether oxygens (including phenoxy) is 1. The summed E-state index contributed by atoms with van der Waals surface area (Å²) in [5, 5.41) is 7.73. The fourth-order valence-electron chi connectivity index (χ4n) is 6.32. The SMILES string of the molecule is Cc1c2c(c(CC(C)(C)C)c3ccccc13)Oc1cc3c(CC(C)(C)C)cccc3c3cc[n+](C)c-2c13. The van der Waals surface area contributed by atoms with E-state index in [9.17, 15) is 0 Å². The predicted molar refractivity (Wildman–Crippen MR) is 157 cm³/mol. The van der Waals surface area contributed by atoms with E-state index in [0.717, 1.165) is 24.3 Å². The predicted octanol–water partition coefficient (Wildman–Crippen LogP) is 9.23. The van der Waals surface area contributed by atoms with E-state index in [0.29, 0.717) is 0 Å². The summed E-state index contributed by atoms with van der Waals surface area (Å²) < 4.78 is 9.34. The summed E-state index contributed by atoms with van der Waals surface area (Å²) in [4.78, 5) is 0. The van der Waals surface area contributed by atoms with E-state index in [1.54, 1.807) is 0 Å². The second-order valence-corrected chi connectivity index (χ2v) is 13.4. The van der Waals surface area contributed by atoms with E-state index in [1.165, 1.54) is 60.3 Å². The second kappa shape index (κ2) is 8.05. The molecule has 0 fully saturated rings. The van der Waals surface area contributed by atoms with Crippen LogP contribution < -0.4 is 9.30 Å². The molecule has 0 N–H and O–H groups in total. The average molecular weight is 489 g/mol. The zero-order valence-corrected chi connectivity index (χ0v) is 23.5. The van der Waals surface area contributed by atoms with Crippen LogP contribution in [0.15, 0.2) is 60.8 Å². The van der Waals surface area contributed by atoms with Crippen molar-refractivity contribution in [3.8, 4) is 22.8 Å². The highest BCUT2D eigenvalue weighted by Gasteiger charge is 2.34. The summed E-state index contributed by atoms with van der Waals surface area (Å²) in [6.45, 7) is 16.2. The lowest BCUT2D eigenvalue weighted by atomic mass is 9.81. The van der Waals surface area contributed by atoms with Crippen molar-refractivity contribution >= 4 is 32.3 Å². The first kappa shape index (κ1) is 24.0. The number of nitrogens with zero attached hydrogens (tertiary/aromatic N) is 1. The van der Waals surface area contributed by atoms with Crippen LogP contribution >= 0.6 is 0 Å². The summed E-state index contributed by atoms with van der Waals surface area (Å²) in [5.41, 5.74) is 6.83. The fourth-order valence-corrected chi connectivity index (χ4v) is 6.32. The molecule has 2 nitrogen and oxygen atoms in total. The molecule has 0 amide bonds. The van der Waals surface area contributed by atoms with Crippen LogP contribution in [0.2, 0.25) is 0 Å². The van der Waals surface area contributed by atoms with Gasteiger partial charge in [-0.2, -0.15) is 0 Å². The molecule has 0 atom stereocenters. The maximum atomic E-state index is 7.05. The molecule has 2 heteroatoms. The number of pyridine rings is 1. The number of hydrogen-bond donors (Lipinski definition) is 0. The lowest BCUT2D eigenvalue weighted by molar-refractivity contribution is -0.659. The topological polar surface area (TPSA) is 13.1 Å². The summed E-state index contributed by atoms with van der Waals surface area (Å²) in [6, 6.07) is 20.2. The van der Waals surface area contributed by atoms with Gasteiger partial charge in [-0.05, 0) is 69.3 Å². The summed E-state index contributed by atoms with van der Waals surface area (Å²) in [6.07, 6.45) is 4.21. The van der Waals surface area contributed by atoms with Gasteiger partial charge in [-0.1, -0.05) is 84.0 Å². The van der Waals surface area contributed by atoms with Crippen molar-refractivity contribution in [3.63, 3.8) is 0 Å². The molecule has 0 saturated heterocycles. The Kier molecular flexibility index (Phi) is 5.22. The lowest BCUT2D eigenvalue weighted by Gasteiger charge is -2.28. The van der Waals surface area contributed by atoms with Crippen molar-refractivity contribution in [2.45, 2.75) is 61.3 Å². The Morgan fingerprint density at radius 1 is 0.730 bits per heavy atom. The molecule has 1 aliphatic rings. The molecule has 4 aromatic carbocycles. The minimum Gasteiger partial charge on any atom is -0.455 e. The summed E-state index contributed by atoms with van der Waals surface area (Å²) in [7, 11) is 2.17. The Balaban J connectivity index is 1.76. The smallest absolute Gasteiger partial charge is 0.228 e. The van der Waals surface area contributed by atoms with Crippen molar-refractivity contribution in [1.29, 1.82) is 0 Å². The van der Waals surface area contributed by atoms with Crippen LogP contribution in [0.25, 0.3) is 43.6 Å². The maximum Gasteiger partial charge on any atom is 0.228 e. The van der Waals surface area contributed by atoms with E-state index < -0.39 is 0 Å². The normalized spacial score (nSPS) is 13.3. The van der Waals surface area contributed by atoms with Gasteiger partial charge in [0.15, 0.2) is 6.20 Å². The minimum absolute atomic E-state index is 0.132. The fraction of sp³-hybridized carbons (Fsp3) is 0.343. The third kappa shape index (κ3) is 3.89. The Hall–Kier alpha value is -3.39. The molecule has 0 aliphatic carbocycles. The highest BCUT2D eigenvalue weighted by molar-refractivity contribution is 6.16. The van der Waals surface area contributed by atoms with Crippen LogP contribution in [0.4, 0.5) is 0 Å². The Bertz CT molecular complexity index is 1730. The molecule has 1 aromatic heterocycles. The zero-order chi connectivity index (χ0) is 26.3. The highest BCUT2D eigenvalue weighted by atomic mass is 16.5. The molecule has 188 valence electrons. The molecule has 1 aliphatic heterocycles. The number of fused-ring (bicyclic) bond motifs is 5. The molecule has 37 heavy (non-hydrogen) atoms. The Morgan fingerprint density at radius 3 is 2.11 bits per heavy atom. The number of hydrogen-bond acceptors (Lipinski definition) is 1. The van der Waals surface area contributed by atoms with Crippen LogP contribution in [0.1, 0.15) is 58.2 Å². The molecule has 0 bridgehead atoms. The molecule has 0 spiro atoms. The third-order valence-corrected chi connectivity index (χ3v) is 7.74. The van der Waals surface area contributed by atoms with Gasteiger partial charge < -0.3 is 4.74 Å². The number of benzene rings is 4. The van der Waals surface area contributed by atoms with Gasteiger partial charge in [-0.15, -0.1) is 0 Å². The van der Waals surface area contributed by atoms with Gasteiger partial charge in [0.05, 0.1) is 10.9 Å². The average Bonchev–Trinajstić information content (AvgIpc) is 2.82. The van der Waals surface area contributed by atoms with Crippen molar-refractivity contribution in [3.05, 3.63) is 77.5 Å². The van der Waals surface area contributed by atoms with Crippen molar-refractivity contribution in [2.75, 3.05) is 0 Å². The first-order valence-electron chi connectivity index (χ1n) is 13.5.